The minimum absolute atomic E-state index is 0.243. The average molecular weight is 224 g/mol. The molecule has 0 saturated carbocycles. The molecule has 0 saturated heterocycles. The van der Waals surface area contributed by atoms with Crippen molar-refractivity contribution in [1.82, 2.24) is 9.97 Å². The van der Waals surface area contributed by atoms with E-state index in [9.17, 15) is 0 Å². The lowest BCUT2D eigenvalue weighted by Gasteiger charge is -2.08. The summed E-state index contributed by atoms with van der Waals surface area (Å²) in [5, 5.41) is 3.15. The predicted molar refractivity (Wildman–Crippen MR) is 65.6 cm³/mol. The van der Waals surface area contributed by atoms with Gasteiger partial charge in [-0.15, -0.1) is 0 Å². The largest absolute Gasteiger partial charge is 0.477 e. The number of aromatic nitrogens is 2. The van der Waals surface area contributed by atoms with Gasteiger partial charge in [-0.3, -0.25) is 0 Å². The number of unbranched alkanes of at least 4 members (excludes halogenated alkanes) is 1. The molecule has 0 aromatic carbocycles. The van der Waals surface area contributed by atoms with Crippen molar-refractivity contribution in [3.63, 3.8) is 0 Å². The molecular weight excluding hydrogens is 204 g/mol. The van der Waals surface area contributed by atoms with E-state index in [1.807, 2.05) is 0 Å². The van der Waals surface area contributed by atoms with E-state index in [4.69, 9.17) is 10.5 Å². The molecule has 0 fully saturated rings. The van der Waals surface area contributed by atoms with Gasteiger partial charge >= 0.3 is 0 Å². The van der Waals surface area contributed by atoms with E-state index in [0.29, 0.717) is 12.5 Å². The van der Waals surface area contributed by atoms with Crippen molar-refractivity contribution in [2.24, 2.45) is 0 Å². The summed E-state index contributed by atoms with van der Waals surface area (Å²) < 4.78 is 5.48. The molecule has 5 nitrogen and oxygen atoms in total. The Morgan fingerprint density at radius 1 is 1.31 bits per heavy atom. The van der Waals surface area contributed by atoms with Crippen molar-refractivity contribution in [3.05, 3.63) is 6.07 Å². The summed E-state index contributed by atoms with van der Waals surface area (Å²) in [6.07, 6.45) is 3.15. The van der Waals surface area contributed by atoms with Gasteiger partial charge in [-0.2, -0.15) is 9.97 Å². The molecule has 0 amide bonds. The second-order valence-electron chi connectivity index (χ2n) is 3.58. The highest BCUT2D eigenvalue weighted by Gasteiger charge is 2.02. The SMILES string of the molecule is CCCCOc1cc(NCCC)nc(N)n1. The zero-order valence-electron chi connectivity index (χ0n) is 9.99. The maximum Gasteiger partial charge on any atom is 0.225 e. The van der Waals surface area contributed by atoms with E-state index in [0.717, 1.165) is 31.6 Å². The Kier molecular flexibility index (Phi) is 5.39. The number of hydrogen-bond acceptors (Lipinski definition) is 5. The van der Waals surface area contributed by atoms with Crippen LogP contribution in [0.2, 0.25) is 0 Å². The molecule has 3 N–H and O–H groups in total. The summed E-state index contributed by atoms with van der Waals surface area (Å²) in [5.41, 5.74) is 5.59. The Labute approximate surface area is 96.4 Å². The Hall–Kier alpha value is -1.52. The Morgan fingerprint density at radius 3 is 2.81 bits per heavy atom. The lowest BCUT2D eigenvalue weighted by atomic mass is 10.4. The molecule has 1 aromatic rings. The van der Waals surface area contributed by atoms with E-state index < -0.39 is 0 Å². The summed E-state index contributed by atoms with van der Waals surface area (Å²) in [6, 6.07) is 1.78. The van der Waals surface area contributed by atoms with Crippen molar-refractivity contribution >= 4 is 11.8 Å². The van der Waals surface area contributed by atoms with Crippen LogP contribution in [-0.4, -0.2) is 23.1 Å². The van der Waals surface area contributed by atoms with Crippen LogP contribution in [0.3, 0.4) is 0 Å². The van der Waals surface area contributed by atoms with Gasteiger partial charge in [-0.25, -0.2) is 0 Å². The van der Waals surface area contributed by atoms with Crippen LogP contribution < -0.4 is 15.8 Å². The van der Waals surface area contributed by atoms with Crippen LogP contribution in [0.15, 0.2) is 6.07 Å². The van der Waals surface area contributed by atoms with Crippen molar-refractivity contribution in [3.8, 4) is 5.88 Å². The molecule has 0 aliphatic heterocycles. The maximum absolute atomic E-state index is 5.59. The van der Waals surface area contributed by atoms with Crippen LogP contribution >= 0.6 is 0 Å². The fourth-order valence-corrected chi connectivity index (χ4v) is 1.18. The third-order valence-corrected chi connectivity index (χ3v) is 2.02. The minimum atomic E-state index is 0.243. The van der Waals surface area contributed by atoms with Crippen molar-refractivity contribution in [2.45, 2.75) is 33.1 Å². The van der Waals surface area contributed by atoms with Gasteiger partial charge in [0.05, 0.1) is 6.61 Å². The molecule has 0 bridgehead atoms. The number of anilines is 2. The fourth-order valence-electron chi connectivity index (χ4n) is 1.18. The summed E-state index contributed by atoms with van der Waals surface area (Å²) in [6.45, 7) is 5.74. The molecule has 0 unspecified atom stereocenters. The van der Waals surface area contributed by atoms with E-state index in [2.05, 4.69) is 29.1 Å². The number of nitrogen functional groups attached to an aromatic ring is 1. The lowest BCUT2D eigenvalue weighted by Crippen LogP contribution is -2.07. The van der Waals surface area contributed by atoms with Gasteiger partial charge in [0.2, 0.25) is 11.8 Å². The molecule has 1 aromatic heterocycles. The fraction of sp³-hybridized carbons (Fsp3) is 0.636. The maximum atomic E-state index is 5.59. The Morgan fingerprint density at radius 2 is 2.12 bits per heavy atom. The van der Waals surface area contributed by atoms with E-state index >= 15 is 0 Å². The zero-order valence-corrected chi connectivity index (χ0v) is 9.99. The van der Waals surface area contributed by atoms with Crippen molar-refractivity contribution in [2.75, 3.05) is 24.2 Å². The summed E-state index contributed by atoms with van der Waals surface area (Å²) in [5.74, 6) is 1.51. The molecule has 0 aliphatic rings. The summed E-state index contributed by atoms with van der Waals surface area (Å²) in [7, 11) is 0. The van der Waals surface area contributed by atoms with Gasteiger partial charge in [0, 0.05) is 12.6 Å². The number of nitrogens with one attached hydrogen (secondary N) is 1. The number of nitrogens with zero attached hydrogens (tertiary/aromatic N) is 2. The third-order valence-electron chi connectivity index (χ3n) is 2.02. The molecule has 16 heavy (non-hydrogen) atoms. The molecule has 1 heterocycles. The van der Waals surface area contributed by atoms with Crippen LogP contribution in [0, 0.1) is 0 Å². The number of ether oxygens (including phenoxy) is 1. The third kappa shape index (κ3) is 4.33. The van der Waals surface area contributed by atoms with Gasteiger partial charge in [-0.05, 0) is 12.8 Å². The number of nitrogens with two attached hydrogens (primary N) is 1. The highest BCUT2D eigenvalue weighted by atomic mass is 16.5. The molecule has 0 aliphatic carbocycles. The highest BCUT2D eigenvalue weighted by Crippen LogP contribution is 2.14. The molecule has 90 valence electrons. The molecule has 0 radical (unpaired) electrons. The summed E-state index contributed by atoms with van der Waals surface area (Å²) >= 11 is 0. The molecular formula is C11H20N4O. The predicted octanol–water partition coefficient (Wildman–Crippen LogP) is 2.06. The van der Waals surface area contributed by atoms with Crippen LogP contribution in [-0.2, 0) is 0 Å². The zero-order chi connectivity index (χ0) is 11.8. The van der Waals surface area contributed by atoms with Gasteiger partial charge < -0.3 is 15.8 Å². The van der Waals surface area contributed by atoms with Gasteiger partial charge in [-0.1, -0.05) is 20.3 Å². The standard InChI is InChI=1S/C11H20N4O/c1-3-5-7-16-10-8-9(13-6-4-2)14-11(12)15-10/h8H,3-7H2,1-2H3,(H3,12,13,14,15). The first-order valence-electron chi connectivity index (χ1n) is 5.77. The second kappa shape index (κ2) is 6.87. The normalized spacial score (nSPS) is 10.1. The van der Waals surface area contributed by atoms with Crippen LogP contribution in [0.4, 0.5) is 11.8 Å². The van der Waals surface area contributed by atoms with Crippen molar-refractivity contribution in [1.29, 1.82) is 0 Å². The first-order valence-corrected chi connectivity index (χ1v) is 5.77. The van der Waals surface area contributed by atoms with E-state index in [1.54, 1.807) is 6.07 Å². The Bertz CT molecular complexity index is 317. The van der Waals surface area contributed by atoms with E-state index in [1.165, 1.54) is 0 Å². The lowest BCUT2D eigenvalue weighted by molar-refractivity contribution is 0.298. The van der Waals surface area contributed by atoms with Gasteiger partial charge in [0.25, 0.3) is 0 Å². The monoisotopic (exact) mass is 224 g/mol. The minimum Gasteiger partial charge on any atom is -0.477 e. The first kappa shape index (κ1) is 12.5. The summed E-state index contributed by atoms with van der Waals surface area (Å²) in [4.78, 5) is 8.09. The average Bonchev–Trinajstić information content (AvgIpc) is 2.26. The molecule has 1 rings (SSSR count). The molecule has 5 heteroatoms. The topological polar surface area (TPSA) is 73.1 Å². The molecule has 0 atom stereocenters. The van der Waals surface area contributed by atoms with Crippen LogP contribution in [0.1, 0.15) is 33.1 Å². The second-order valence-corrected chi connectivity index (χ2v) is 3.58. The van der Waals surface area contributed by atoms with Crippen LogP contribution in [0.5, 0.6) is 5.88 Å². The smallest absolute Gasteiger partial charge is 0.225 e. The number of hydrogen-bond donors (Lipinski definition) is 2. The molecule has 0 spiro atoms. The van der Waals surface area contributed by atoms with Gasteiger partial charge in [0.1, 0.15) is 5.82 Å². The van der Waals surface area contributed by atoms with Gasteiger partial charge in [0.15, 0.2) is 0 Å². The quantitative estimate of drug-likeness (QED) is 0.693. The Balaban J connectivity index is 2.58. The van der Waals surface area contributed by atoms with Crippen LogP contribution in [0.25, 0.3) is 0 Å². The van der Waals surface area contributed by atoms with Crippen molar-refractivity contribution < 1.29 is 4.74 Å². The highest BCUT2D eigenvalue weighted by molar-refractivity contribution is 5.42. The first-order chi connectivity index (χ1) is 7.76. The number of rotatable bonds is 7. The van der Waals surface area contributed by atoms with E-state index in [-0.39, 0.29) is 5.95 Å².